The van der Waals surface area contributed by atoms with Crippen LogP contribution in [-0.4, -0.2) is 43.4 Å². The van der Waals surface area contributed by atoms with Crippen LogP contribution in [-0.2, 0) is 4.74 Å². The van der Waals surface area contributed by atoms with E-state index in [1.165, 1.54) is 6.26 Å². The molecule has 0 atom stereocenters. The Morgan fingerprint density at radius 1 is 1.25 bits per heavy atom. The van der Waals surface area contributed by atoms with E-state index in [0.717, 1.165) is 34.4 Å². The van der Waals surface area contributed by atoms with Crippen molar-refractivity contribution in [3.8, 4) is 11.3 Å². The molecule has 1 aromatic carbocycles. The molecule has 0 bridgehead atoms. The smallest absolute Gasteiger partial charge is 0.274 e. The van der Waals surface area contributed by atoms with Crippen molar-refractivity contribution in [2.45, 2.75) is 6.92 Å². The second-order valence-corrected chi connectivity index (χ2v) is 7.27. The van der Waals surface area contributed by atoms with Crippen molar-refractivity contribution in [2.75, 3.05) is 31.2 Å². The number of carbonyl (C=O) groups is 1. The third-order valence-electron chi connectivity index (χ3n) is 4.42. The molecule has 4 rings (SSSR count). The number of furan rings is 1. The van der Waals surface area contributed by atoms with Crippen LogP contribution >= 0.6 is 11.3 Å². The Bertz CT molecular complexity index is 975. The van der Waals surface area contributed by atoms with E-state index in [1.54, 1.807) is 30.5 Å². The number of anilines is 1. The van der Waals surface area contributed by atoms with Gasteiger partial charge >= 0.3 is 0 Å². The highest BCUT2D eigenvalue weighted by Gasteiger charge is 2.19. The van der Waals surface area contributed by atoms with Gasteiger partial charge in [-0.15, -0.1) is 0 Å². The molecular formula is C20H20N4O3S. The molecule has 1 aliphatic rings. The van der Waals surface area contributed by atoms with Crippen LogP contribution in [0.5, 0.6) is 0 Å². The Morgan fingerprint density at radius 3 is 2.75 bits per heavy atom. The van der Waals surface area contributed by atoms with Crippen LogP contribution < -0.4 is 10.3 Å². The minimum atomic E-state index is -0.304. The minimum absolute atomic E-state index is 0.304. The van der Waals surface area contributed by atoms with E-state index in [1.807, 2.05) is 30.3 Å². The first kappa shape index (κ1) is 18.4. The molecule has 0 saturated carbocycles. The normalized spacial score (nSPS) is 14.5. The summed E-state index contributed by atoms with van der Waals surface area (Å²) in [5.41, 5.74) is 4.89. The summed E-state index contributed by atoms with van der Waals surface area (Å²) in [4.78, 5) is 20.1. The first-order valence-corrected chi connectivity index (χ1v) is 9.80. The van der Waals surface area contributed by atoms with Gasteiger partial charge in [-0.1, -0.05) is 41.7 Å². The van der Waals surface area contributed by atoms with E-state index >= 15 is 0 Å². The van der Waals surface area contributed by atoms with Crippen molar-refractivity contribution in [1.29, 1.82) is 0 Å². The molecule has 28 heavy (non-hydrogen) atoms. The highest BCUT2D eigenvalue weighted by atomic mass is 32.1. The molecule has 1 amide bonds. The summed E-state index contributed by atoms with van der Waals surface area (Å²) in [6.07, 6.45) is 3.14. The number of benzene rings is 1. The first-order valence-electron chi connectivity index (χ1n) is 8.99. The Hall–Kier alpha value is -2.97. The Morgan fingerprint density at radius 2 is 2.04 bits per heavy atom. The Balaban J connectivity index is 1.58. The minimum Gasteiger partial charge on any atom is -0.469 e. The van der Waals surface area contributed by atoms with Crippen LogP contribution in [0.15, 0.2) is 52.2 Å². The number of nitrogens with one attached hydrogen (secondary N) is 1. The number of hydrogen-bond acceptors (Lipinski definition) is 7. The average Bonchev–Trinajstić information content (AvgIpc) is 3.36. The second kappa shape index (κ2) is 8.37. The van der Waals surface area contributed by atoms with Crippen molar-refractivity contribution >= 4 is 28.6 Å². The van der Waals surface area contributed by atoms with Crippen LogP contribution in [0, 0.1) is 6.92 Å². The standard InChI is InChI=1S/C20H20N4O3S/c1-14-16(7-10-27-14)19(25)23-21-13-17-18(15-5-3-2-4-6-15)22-20(28-17)24-8-11-26-12-9-24/h2-7,10,13H,8-9,11-12H2,1H3,(H,23,25)/b21-13+. The zero-order chi connectivity index (χ0) is 19.3. The van der Waals surface area contributed by atoms with Crippen LogP contribution in [0.3, 0.4) is 0 Å². The van der Waals surface area contributed by atoms with Gasteiger partial charge in [0.25, 0.3) is 5.91 Å². The molecule has 0 spiro atoms. The number of morpholine rings is 1. The molecule has 3 aromatic rings. The first-order chi connectivity index (χ1) is 13.7. The summed E-state index contributed by atoms with van der Waals surface area (Å²) >= 11 is 1.55. The summed E-state index contributed by atoms with van der Waals surface area (Å²) < 4.78 is 10.6. The molecule has 0 radical (unpaired) electrons. The van der Waals surface area contributed by atoms with E-state index in [4.69, 9.17) is 14.1 Å². The van der Waals surface area contributed by atoms with Gasteiger partial charge in [-0.25, -0.2) is 10.4 Å². The molecule has 3 heterocycles. The molecule has 0 aliphatic carbocycles. The van der Waals surface area contributed by atoms with Gasteiger partial charge in [-0.3, -0.25) is 4.79 Å². The number of rotatable bonds is 5. The van der Waals surface area contributed by atoms with Gasteiger partial charge in [0.2, 0.25) is 0 Å². The number of hydrazone groups is 1. The van der Waals surface area contributed by atoms with Gasteiger partial charge in [-0.05, 0) is 13.0 Å². The lowest BCUT2D eigenvalue weighted by atomic mass is 10.1. The van der Waals surface area contributed by atoms with E-state index < -0.39 is 0 Å². The van der Waals surface area contributed by atoms with Gasteiger partial charge in [0.1, 0.15) is 5.76 Å². The Kier molecular flexibility index (Phi) is 5.50. The number of ether oxygens (including phenoxy) is 1. The van der Waals surface area contributed by atoms with Crippen molar-refractivity contribution in [1.82, 2.24) is 10.4 Å². The number of aromatic nitrogens is 1. The van der Waals surface area contributed by atoms with Crippen LogP contribution in [0.2, 0.25) is 0 Å². The number of amides is 1. The van der Waals surface area contributed by atoms with E-state index in [2.05, 4.69) is 15.4 Å². The van der Waals surface area contributed by atoms with Gasteiger partial charge in [0.05, 0.1) is 41.8 Å². The molecular weight excluding hydrogens is 376 g/mol. The summed E-state index contributed by atoms with van der Waals surface area (Å²) in [5.74, 6) is 0.256. The summed E-state index contributed by atoms with van der Waals surface area (Å²) in [6.45, 7) is 4.77. The monoisotopic (exact) mass is 396 g/mol. The zero-order valence-corrected chi connectivity index (χ0v) is 16.2. The van der Waals surface area contributed by atoms with Crippen molar-refractivity contribution in [2.24, 2.45) is 5.10 Å². The third kappa shape index (κ3) is 3.97. The highest BCUT2D eigenvalue weighted by Crippen LogP contribution is 2.32. The molecule has 8 heteroatoms. The largest absolute Gasteiger partial charge is 0.469 e. The maximum atomic E-state index is 12.2. The van der Waals surface area contributed by atoms with E-state index in [9.17, 15) is 4.79 Å². The van der Waals surface area contributed by atoms with Crippen molar-refractivity contribution in [3.05, 3.63) is 58.9 Å². The van der Waals surface area contributed by atoms with Crippen LogP contribution in [0.1, 0.15) is 21.0 Å². The SMILES string of the molecule is Cc1occc1C(=O)N/N=C/c1sc(N2CCOCC2)nc1-c1ccccc1. The summed E-state index contributed by atoms with van der Waals surface area (Å²) in [6, 6.07) is 11.6. The van der Waals surface area contributed by atoms with Crippen molar-refractivity contribution < 1.29 is 13.9 Å². The number of nitrogens with zero attached hydrogens (tertiary/aromatic N) is 3. The number of thiazole rings is 1. The van der Waals surface area contributed by atoms with Gasteiger partial charge in [0.15, 0.2) is 5.13 Å². The molecule has 1 N–H and O–H groups in total. The highest BCUT2D eigenvalue weighted by molar-refractivity contribution is 7.17. The quantitative estimate of drug-likeness (QED) is 0.529. The van der Waals surface area contributed by atoms with Crippen LogP contribution in [0.25, 0.3) is 11.3 Å². The topological polar surface area (TPSA) is 80.0 Å². The molecule has 1 aliphatic heterocycles. The van der Waals surface area contributed by atoms with E-state index in [0.29, 0.717) is 24.5 Å². The predicted octanol–water partition coefficient (Wildman–Crippen LogP) is 3.31. The second-order valence-electron chi connectivity index (χ2n) is 6.26. The average molecular weight is 396 g/mol. The number of aryl methyl sites for hydroxylation is 1. The summed E-state index contributed by atoms with van der Waals surface area (Å²) in [5, 5.41) is 5.08. The Labute approximate surface area is 166 Å². The van der Waals surface area contributed by atoms with Crippen molar-refractivity contribution in [3.63, 3.8) is 0 Å². The molecule has 1 saturated heterocycles. The zero-order valence-electron chi connectivity index (χ0n) is 15.4. The molecule has 0 unspecified atom stereocenters. The fourth-order valence-corrected chi connectivity index (χ4v) is 3.94. The molecule has 7 nitrogen and oxygen atoms in total. The maximum Gasteiger partial charge on any atom is 0.274 e. The lowest BCUT2D eigenvalue weighted by Gasteiger charge is -2.26. The van der Waals surface area contributed by atoms with E-state index in [-0.39, 0.29) is 5.91 Å². The van der Waals surface area contributed by atoms with Gasteiger partial charge < -0.3 is 14.1 Å². The molecule has 1 fully saturated rings. The fraction of sp³-hybridized carbons (Fsp3) is 0.250. The molecule has 2 aromatic heterocycles. The van der Waals surface area contributed by atoms with Crippen LogP contribution in [0.4, 0.5) is 5.13 Å². The molecule has 144 valence electrons. The number of carbonyl (C=O) groups excluding carboxylic acids is 1. The van der Waals surface area contributed by atoms with Gasteiger partial charge in [0, 0.05) is 18.7 Å². The van der Waals surface area contributed by atoms with Gasteiger partial charge in [-0.2, -0.15) is 5.10 Å². The maximum absolute atomic E-state index is 12.2. The lowest BCUT2D eigenvalue weighted by molar-refractivity contribution is 0.0953. The fourth-order valence-electron chi connectivity index (χ4n) is 2.93. The third-order valence-corrected chi connectivity index (χ3v) is 5.47. The summed E-state index contributed by atoms with van der Waals surface area (Å²) in [7, 11) is 0. The lowest BCUT2D eigenvalue weighted by Crippen LogP contribution is -2.36. The number of hydrogen-bond donors (Lipinski definition) is 1. The predicted molar refractivity (Wildman–Crippen MR) is 109 cm³/mol.